The predicted molar refractivity (Wildman–Crippen MR) is 46.2 cm³/mol. The first-order valence-corrected chi connectivity index (χ1v) is 4.72. The van der Waals surface area contributed by atoms with Gasteiger partial charge in [-0.25, -0.2) is 0 Å². The summed E-state index contributed by atoms with van der Waals surface area (Å²) in [5.41, 5.74) is 0.708. The van der Waals surface area contributed by atoms with Crippen LogP contribution in [-0.2, 0) is 0 Å². The second-order valence-corrected chi connectivity index (χ2v) is 4.43. The van der Waals surface area contributed by atoms with Gasteiger partial charge in [-0.1, -0.05) is 24.3 Å². The van der Waals surface area contributed by atoms with Crippen molar-refractivity contribution in [1.29, 1.82) is 0 Å². The van der Waals surface area contributed by atoms with Crippen molar-refractivity contribution in [3.05, 3.63) is 24.3 Å². The van der Waals surface area contributed by atoms with Crippen LogP contribution in [0.3, 0.4) is 0 Å². The normalized spacial score (nSPS) is 42.9. The molecule has 58 valence electrons. The van der Waals surface area contributed by atoms with Crippen LogP contribution in [-0.4, -0.2) is 0 Å². The Hall–Kier alpha value is -0.520. The Balaban J connectivity index is 1.96. The Kier molecular flexibility index (Phi) is 0.988. The molecule has 0 nitrogen and oxygen atoms in total. The van der Waals surface area contributed by atoms with Crippen molar-refractivity contribution in [2.45, 2.75) is 25.7 Å². The van der Waals surface area contributed by atoms with Crippen molar-refractivity contribution in [2.75, 3.05) is 0 Å². The van der Waals surface area contributed by atoms with Crippen LogP contribution in [0.15, 0.2) is 24.3 Å². The van der Waals surface area contributed by atoms with E-state index in [0.717, 1.165) is 11.8 Å². The molecule has 1 spiro atoms. The molecule has 3 rings (SSSR count). The van der Waals surface area contributed by atoms with E-state index in [1.807, 2.05) is 0 Å². The highest BCUT2D eigenvalue weighted by molar-refractivity contribution is 5.20. The van der Waals surface area contributed by atoms with E-state index in [4.69, 9.17) is 0 Å². The molecule has 0 amide bonds. The van der Waals surface area contributed by atoms with E-state index in [0.29, 0.717) is 5.41 Å². The molecule has 1 fully saturated rings. The fourth-order valence-corrected chi connectivity index (χ4v) is 3.24. The molecule has 0 aromatic rings. The maximum atomic E-state index is 2.47. The molecular formula is C11H14. The Morgan fingerprint density at radius 2 is 1.91 bits per heavy atom. The largest absolute Gasteiger partial charge is 0.0879 e. The molecule has 2 unspecified atom stereocenters. The Morgan fingerprint density at radius 3 is 2.45 bits per heavy atom. The van der Waals surface area contributed by atoms with Crippen LogP contribution in [0.25, 0.3) is 0 Å². The van der Waals surface area contributed by atoms with Crippen LogP contribution < -0.4 is 0 Å². The molecule has 0 aromatic carbocycles. The molecule has 11 heavy (non-hydrogen) atoms. The van der Waals surface area contributed by atoms with Gasteiger partial charge in [-0.05, 0) is 42.9 Å². The number of fused-ring (bicyclic) bond motifs is 3. The van der Waals surface area contributed by atoms with Gasteiger partial charge in [0.1, 0.15) is 0 Å². The van der Waals surface area contributed by atoms with Gasteiger partial charge in [0.05, 0.1) is 0 Å². The van der Waals surface area contributed by atoms with Crippen LogP contribution in [0.2, 0.25) is 0 Å². The van der Waals surface area contributed by atoms with Crippen molar-refractivity contribution in [3.63, 3.8) is 0 Å². The van der Waals surface area contributed by atoms with Crippen molar-refractivity contribution < 1.29 is 0 Å². The zero-order valence-electron chi connectivity index (χ0n) is 6.79. The van der Waals surface area contributed by atoms with Gasteiger partial charge >= 0.3 is 0 Å². The molecular weight excluding hydrogens is 132 g/mol. The van der Waals surface area contributed by atoms with Crippen molar-refractivity contribution in [2.24, 2.45) is 17.3 Å². The van der Waals surface area contributed by atoms with Gasteiger partial charge in [-0.15, -0.1) is 0 Å². The lowest BCUT2D eigenvalue weighted by Crippen LogP contribution is -2.21. The minimum absolute atomic E-state index is 0.708. The number of hydrogen-bond acceptors (Lipinski definition) is 0. The molecule has 0 aromatic heterocycles. The lowest BCUT2D eigenvalue weighted by Gasteiger charge is -2.30. The molecule has 0 heterocycles. The summed E-state index contributed by atoms with van der Waals surface area (Å²) in [6, 6.07) is 0. The minimum Gasteiger partial charge on any atom is -0.0879 e. The molecule has 0 saturated heterocycles. The molecule has 1 saturated carbocycles. The van der Waals surface area contributed by atoms with E-state index in [1.165, 1.54) is 25.7 Å². The second-order valence-electron chi connectivity index (χ2n) is 4.43. The fraction of sp³-hybridized carbons (Fsp3) is 0.636. The summed E-state index contributed by atoms with van der Waals surface area (Å²) in [5, 5.41) is 0. The third-order valence-electron chi connectivity index (χ3n) is 3.84. The summed E-state index contributed by atoms with van der Waals surface area (Å²) in [6.45, 7) is 0. The molecule has 3 aliphatic carbocycles. The zero-order valence-corrected chi connectivity index (χ0v) is 6.79. The third-order valence-corrected chi connectivity index (χ3v) is 3.84. The average molecular weight is 146 g/mol. The average Bonchev–Trinajstić information content (AvgIpc) is 2.64. The van der Waals surface area contributed by atoms with E-state index in [-0.39, 0.29) is 0 Å². The summed E-state index contributed by atoms with van der Waals surface area (Å²) < 4.78 is 0. The van der Waals surface area contributed by atoms with Gasteiger partial charge < -0.3 is 0 Å². The molecule has 0 radical (unpaired) electrons. The second kappa shape index (κ2) is 1.80. The Labute approximate surface area is 68.0 Å². The molecule has 3 aliphatic rings. The maximum absolute atomic E-state index is 2.47. The lowest BCUT2D eigenvalue weighted by molar-refractivity contribution is 0.250. The standard InChI is InChI=1S/C11H14/c1-2-6-11(5-1)8-9-3-4-10(11)7-9/h1-4,9-10H,5-8H2. The topological polar surface area (TPSA) is 0 Å². The Morgan fingerprint density at radius 1 is 1.09 bits per heavy atom. The summed E-state index contributed by atoms with van der Waals surface area (Å²) in [7, 11) is 0. The minimum atomic E-state index is 0.708. The van der Waals surface area contributed by atoms with Crippen molar-refractivity contribution in [3.8, 4) is 0 Å². The highest BCUT2D eigenvalue weighted by Crippen LogP contribution is 2.57. The third kappa shape index (κ3) is 0.654. The van der Waals surface area contributed by atoms with Gasteiger partial charge in [-0.3, -0.25) is 0 Å². The molecule has 0 heteroatoms. The molecule has 2 atom stereocenters. The van der Waals surface area contributed by atoms with Crippen molar-refractivity contribution in [1.82, 2.24) is 0 Å². The highest BCUT2D eigenvalue weighted by Gasteiger charge is 2.47. The van der Waals surface area contributed by atoms with Crippen LogP contribution >= 0.6 is 0 Å². The summed E-state index contributed by atoms with van der Waals surface area (Å²) in [4.78, 5) is 0. The van der Waals surface area contributed by atoms with Crippen LogP contribution in [0.4, 0.5) is 0 Å². The first-order chi connectivity index (χ1) is 5.39. The van der Waals surface area contributed by atoms with Gasteiger partial charge in [0.2, 0.25) is 0 Å². The summed E-state index contributed by atoms with van der Waals surface area (Å²) in [6.07, 6.45) is 15.3. The van der Waals surface area contributed by atoms with E-state index in [9.17, 15) is 0 Å². The first-order valence-electron chi connectivity index (χ1n) is 4.72. The molecule has 0 aliphatic heterocycles. The van der Waals surface area contributed by atoms with Gasteiger partial charge in [0.15, 0.2) is 0 Å². The lowest BCUT2D eigenvalue weighted by atomic mass is 9.74. The number of allylic oxidation sites excluding steroid dienone is 4. The quantitative estimate of drug-likeness (QED) is 0.461. The number of hydrogen-bond donors (Lipinski definition) is 0. The smallest absolute Gasteiger partial charge is 0.0160 e. The van der Waals surface area contributed by atoms with Crippen LogP contribution in [0.1, 0.15) is 25.7 Å². The highest BCUT2D eigenvalue weighted by atomic mass is 14.5. The van der Waals surface area contributed by atoms with E-state index in [2.05, 4.69) is 24.3 Å². The Bertz CT molecular complexity index is 226. The number of rotatable bonds is 0. The summed E-state index contributed by atoms with van der Waals surface area (Å²) >= 11 is 0. The van der Waals surface area contributed by atoms with Gasteiger partial charge in [0, 0.05) is 0 Å². The molecule has 0 N–H and O–H groups in total. The van der Waals surface area contributed by atoms with E-state index in [1.54, 1.807) is 0 Å². The van der Waals surface area contributed by atoms with E-state index < -0.39 is 0 Å². The van der Waals surface area contributed by atoms with Gasteiger partial charge in [0.25, 0.3) is 0 Å². The molecule has 2 bridgehead atoms. The maximum Gasteiger partial charge on any atom is -0.0160 e. The SMILES string of the molecule is C1=CCC2(C1)CC1C=CC2C1. The zero-order chi connectivity index (χ0) is 7.31. The van der Waals surface area contributed by atoms with E-state index >= 15 is 0 Å². The van der Waals surface area contributed by atoms with Crippen LogP contribution in [0.5, 0.6) is 0 Å². The summed E-state index contributed by atoms with van der Waals surface area (Å²) in [5.74, 6) is 1.88. The van der Waals surface area contributed by atoms with Crippen molar-refractivity contribution >= 4 is 0 Å². The first kappa shape index (κ1) is 6.05. The fourth-order valence-electron chi connectivity index (χ4n) is 3.24. The monoisotopic (exact) mass is 146 g/mol. The van der Waals surface area contributed by atoms with Gasteiger partial charge in [-0.2, -0.15) is 0 Å². The predicted octanol–water partition coefficient (Wildman–Crippen LogP) is 2.92. The van der Waals surface area contributed by atoms with Crippen LogP contribution in [0, 0.1) is 17.3 Å².